The Labute approximate surface area is 207 Å². The number of urea groups is 1. The largest absolute Gasteiger partial charge is 0.494 e. The molecule has 7 heteroatoms. The second-order valence-electron chi connectivity index (χ2n) is 7.86. The molecule has 2 rings (SSSR count). The summed E-state index contributed by atoms with van der Waals surface area (Å²) in [7, 11) is 0. The van der Waals surface area contributed by atoms with Gasteiger partial charge in [-0.2, -0.15) is 0 Å². The van der Waals surface area contributed by atoms with Gasteiger partial charge >= 0.3 is 6.03 Å². The summed E-state index contributed by atoms with van der Waals surface area (Å²) in [6.45, 7) is 6.17. The molecule has 4 nitrogen and oxygen atoms in total. The molecule has 0 bridgehead atoms. The van der Waals surface area contributed by atoms with Crippen molar-refractivity contribution in [2.75, 3.05) is 18.5 Å². The fourth-order valence-electron chi connectivity index (χ4n) is 3.25. The number of benzene rings is 2. The number of hydrogen-bond acceptors (Lipinski definition) is 2. The van der Waals surface area contributed by atoms with Crippen molar-refractivity contribution in [2.45, 2.75) is 65.3 Å². The van der Waals surface area contributed by atoms with Crippen molar-refractivity contribution in [3.8, 4) is 5.75 Å². The smallest absolute Gasteiger partial charge is 0.322 e. The van der Waals surface area contributed by atoms with Gasteiger partial charge in [-0.15, -0.1) is 0 Å². The Balaban J connectivity index is 2.07. The Hall–Kier alpha value is -1.62. The molecule has 0 fully saturated rings. The van der Waals surface area contributed by atoms with Crippen molar-refractivity contribution in [1.29, 1.82) is 0 Å². The molecule has 0 spiro atoms. The second-order valence-corrected chi connectivity index (χ2v) is 9.11. The van der Waals surface area contributed by atoms with Crippen LogP contribution in [0.1, 0.15) is 64.4 Å². The lowest BCUT2D eigenvalue weighted by Gasteiger charge is -2.24. The van der Waals surface area contributed by atoms with Crippen molar-refractivity contribution >= 4 is 46.5 Å². The lowest BCUT2D eigenvalue weighted by molar-refractivity contribution is 0.207. The van der Waals surface area contributed by atoms with E-state index < -0.39 is 0 Å². The molecule has 0 atom stereocenters. The molecule has 0 aliphatic rings. The zero-order valence-corrected chi connectivity index (χ0v) is 21.2. The number of ether oxygens (including phenoxy) is 1. The summed E-state index contributed by atoms with van der Waals surface area (Å²) in [4.78, 5) is 14.9. The molecule has 0 unspecified atom stereocenters. The first-order chi connectivity index (χ1) is 15.4. The van der Waals surface area contributed by atoms with E-state index in [0.717, 1.165) is 37.0 Å². The quantitative estimate of drug-likeness (QED) is 0.280. The molecule has 1 N–H and O–H groups in total. The van der Waals surface area contributed by atoms with E-state index in [-0.39, 0.29) is 6.03 Å². The van der Waals surface area contributed by atoms with Gasteiger partial charge in [0.05, 0.1) is 22.3 Å². The molecule has 0 saturated carbocycles. The lowest BCUT2D eigenvalue weighted by Crippen LogP contribution is -2.35. The van der Waals surface area contributed by atoms with E-state index in [1.165, 1.54) is 19.3 Å². The number of halogens is 3. The molecule has 0 radical (unpaired) electrons. The predicted molar refractivity (Wildman–Crippen MR) is 137 cm³/mol. The summed E-state index contributed by atoms with van der Waals surface area (Å²) in [5, 5.41) is 3.91. The van der Waals surface area contributed by atoms with Crippen LogP contribution in [-0.2, 0) is 6.54 Å². The number of hydrogen-bond donors (Lipinski definition) is 1. The summed E-state index contributed by atoms with van der Waals surface area (Å²) in [6, 6.07) is 10.8. The highest BCUT2D eigenvalue weighted by Crippen LogP contribution is 2.34. The van der Waals surface area contributed by atoms with Crippen LogP contribution in [0.3, 0.4) is 0 Å². The molecule has 2 aromatic carbocycles. The van der Waals surface area contributed by atoms with E-state index >= 15 is 0 Å². The van der Waals surface area contributed by atoms with Gasteiger partial charge in [0.25, 0.3) is 0 Å². The number of rotatable bonds is 13. The van der Waals surface area contributed by atoms with Crippen molar-refractivity contribution in [3.05, 3.63) is 57.0 Å². The van der Waals surface area contributed by atoms with Gasteiger partial charge in [0.2, 0.25) is 0 Å². The van der Waals surface area contributed by atoms with Crippen LogP contribution in [-0.4, -0.2) is 24.1 Å². The Bertz CT molecular complexity index is 821. The molecule has 0 aliphatic heterocycles. The van der Waals surface area contributed by atoms with Crippen LogP contribution in [0.15, 0.2) is 36.4 Å². The maximum Gasteiger partial charge on any atom is 0.322 e. The van der Waals surface area contributed by atoms with Gasteiger partial charge in [0, 0.05) is 18.1 Å². The van der Waals surface area contributed by atoms with E-state index in [2.05, 4.69) is 19.2 Å². The fourth-order valence-corrected chi connectivity index (χ4v) is 4.16. The van der Waals surface area contributed by atoms with Crippen LogP contribution in [0, 0.1) is 0 Å². The Morgan fingerprint density at radius 1 is 0.906 bits per heavy atom. The Morgan fingerprint density at radius 3 is 2.16 bits per heavy atom. The third kappa shape index (κ3) is 9.09. The first kappa shape index (κ1) is 26.6. The highest BCUT2D eigenvalue weighted by molar-refractivity contribution is 6.42. The summed E-state index contributed by atoms with van der Waals surface area (Å²) in [6.07, 6.45) is 7.72. The maximum atomic E-state index is 13.1. The van der Waals surface area contributed by atoms with Crippen molar-refractivity contribution in [1.82, 2.24) is 4.90 Å². The highest BCUT2D eigenvalue weighted by Gasteiger charge is 2.17. The van der Waals surface area contributed by atoms with Crippen LogP contribution < -0.4 is 10.1 Å². The molecular formula is C25H33Cl3N2O2. The van der Waals surface area contributed by atoms with Crippen molar-refractivity contribution in [2.24, 2.45) is 0 Å². The lowest BCUT2D eigenvalue weighted by atomic mass is 10.1. The van der Waals surface area contributed by atoms with Gasteiger partial charge in [0.1, 0.15) is 5.75 Å². The van der Waals surface area contributed by atoms with E-state index in [1.54, 1.807) is 17.0 Å². The van der Waals surface area contributed by atoms with Crippen LogP contribution in [0.5, 0.6) is 5.75 Å². The minimum absolute atomic E-state index is 0.241. The molecule has 176 valence electrons. The van der Waals surface area contributed by atoms with E-state index in [0.29, 0.717) is 40.5 Å². The second kappa shape index (κ2) is 14.5. The standard InChI is InChI=1S/C25H33Cl3N2O2/c1-3-5-7-8-9-14-30(18-19-10-12-21(13-11-19)32-15-6-4-2)25(31)29-24-22(27)16-20(26)17-23(24)28/h10-13,16-17H,3-9,14-15,18H2,1-2H3,(H,29,31). The normalized spacial score (nSPS) is 10.8. The van der Waals surface area contributed by atoms with E-state index in [4.69, 9.17) is 39.5 Å². The molecule has 0 aromatic heterocycles. The van der Waals surface area contributed by atoms with E-state index in [9.17, 15) is 4.79 Å². The van der Waals surface area contributed by atoms with Gasteiger partial charge in [-0.1, -0.05) is 92.9 Å². The Morgan fingerprint density at radius 2 is 1.53 bits per heavy atom. The summed E-state index contributed by atoms with van der Waals surface area (Å²) >= 11 is 18.5. The number of nitrogens with zero attached hydrogens (tertiary/aromatic N) is 1. The zero-order chi connectivity index (χ0) is 23.3. The van der Waals surface area contributed by atoms with Gasteiger partial charge in [-0.3, -0.25) is 0 Å². The third-order valence-corrected chi connectivity index (χ3v) is 5.94. The SMILES string of the molecule is CCCCCCCN(Cc1ccc(OCCCC)cc1)C(=O)Nc1c(Cl)cc(Cl)cc1Cl. The van der Waals surface area contributed by atoms with Gasteiger partial charge in [-0.25, -0.2) is 4.79 Å². The molecule has 0 aliphatic carbocycles. The summed E-state index contributed by atoms with van der Waals surface area (Å²) in [5.41, 5.74) is 1.41. The molecule has 0 saturated heterocycles. The average Bonchev–Trinajstić information content (AvgIpc) is 2.76. The molecule has 2 amide bonds. The fraction of sp³-hybridized carbons (Fsp3) is 0.480. The topological polar surface area (TPSA) is 41.6 Å². The number of anilines is 1. The van der Waals surface area contributed by atoms with Gasteiger partial charge < -0.3 is 15.0 Å². The van der Waals surface area contributed by atoms with Crippen molar-refractivity contribution < 1.29 is 9.53 Å². The van der Waals surface area contributed by atoms with Crippen LogP contribution in [0.2, 0.25) is 15.1 Å². The summed E-state index contributed by atoms with van der Waals surface area (Å²) in [5.74, 6) is 0.845. The molecule has 2 aromatic rings. The first-order valence-corrected chi connectivity index (χ1v) is 12.5. The van der Waals surface area contributed by atoms with Crippen LogP contribution >= 0.6 is 34.8 Å². The Kier molecular flexibility index (Phi) is 12.1. The number of nitrogens with one attached hydrogen (secondary N) is 1. The third-order valence-electron chi connectivity index (χ3n) is 5.12. The minimum atomic E-state index is -0.241. The monoisotopic (exact) mass is 498 g/mol. The number of unbranched alkanes of at least 4 members (excludes halogenated alkanes) is 5. The van der Waals surface area contributed by atoms with E-state index in [1.807, 2.05) is 24.3 Å². The van der Waals surface area contributed by atoms with Crippen molar-refractivity contribution in [3.63, 3.8) is 0 Å². The molecular weight excluding hydrogens is 467 g/mol. The number of amides is 2. The predicted octanol–water partition coefficient (Wildman–Crippen LogP) is 8.83. The average molecular weight is 500 g/mol. The summed E-state index contributed by atoms with van der Waals surface area (Å²) < 4.78 is 5.74. The van der Waals surface area contributed by atoms with Gasteiger partial charge in [-0.05, 0) is 42.7 Å². The zero-order valence-electron chi connectivity index (χ0n) is 18.9. The number of carbonyl (C=O) groups is 1. The minimum Gasteiger partial charge on any atom is -0.494 e. The molecule has 32 heavy (non-hydrogen) atoms. The van der Waals surface area contributed by atoms with Crippen LogP contribution in [0.25, 0.3) is 0 Å². The van der Waals surface area contributed by atoms with Crippen LogP contribution in [0.4, 0.5) is 10.5 Å². The highest BCUT2D eigenvalue weighted by atomic mass is 35.5. The molecule has 0 heterocycles. The number of carbonyl (C=O) groups excluding carboxylic acids is 1. The maximum absolute atomic E-state index is 13.1. The first-order valence-electron chi connectivity index (χ1n) is 11.4. The van der Waals surface area contributed by atoms with Gasteiger partial charge in [0.15, 0.2) is 0 Å².